The second-order valence-electron chi connectivity index (χ2n) is 3.52. The summed E-state index contributed by atoms with van der Waals surface area (Å²) in [5.74, 6) is 0.00788. The number of hydrogen-bond donors (Lipinski definition) is 2. The summed E-state index contributed by atoms with van der Waals surface area (Å²) in [6.07, 6.45) is 7.76. The first-order valence-electron chi connectivity index (χ1n) is 7.31. The van der Waals surface area contributed by atoms with E-state index in [0.29, 0.717) is 17.0 Å². The molecule has 0 spiro atoms. The number of hydrogen-bond acceptors (Lipinski definition) is 4. The van der Waals surface area contributed by atoms with E-state index in [2.05, 4.69) is 17.3 Å². The first-order chi connectivity index (χ1) is 11.2. The lowest BCUT2D eigenvalue weighted by atomic mass is 10.2. The average Bonchev–Trinajstić information content (AvgIpc) is 2.60. The molecule has 1 aromatic carbocycles. The maximum Gasteiger partial charge on any atom is 0.343 e. The second kappa shape index (κ2) is 15.7. The van der Waals surface area contributed by atoms with E-state index in [-0.39, 0.29) is 0 Å². The molecular weight excluding hydrogens is 290 g/mol. The summed E-state index contributed by atoms with van der Waals surface area (Å²) < 4.78 is 5.23. The number of nitrogens with zero attached hydrogens (tertiary/aromatic N) is 1. The van der Waals surface area contributed by atoms with Gasteiger partial charge < -0.3 is 16.2 Å². The molecule has 0 saturated carbocycles. The zero-order valence-electron chi connectivity index (χ0n) is 14.3. The lowest BCUT2D eigenvalue weighted by Gasteiger charge is -2.04. The minimum absolute atomic E-state index is 0.432. The van der Waals surface area contributed by atoms with Gasteiger partial charge in [-0.05, 0) is 44.3 Å². The molecule has 0 unspecified atom stereocenters. The van der Waals surface area contributed by atoms with Gasteiger partial charge in [0.15, 0.2) is 0 Å². The summed E-state index contributed by atoms with van der Waals surface area (Å²) >= 11 is 0. The maximum absolute atomic E-state index is 11.9. The summed E-state index contributed by atoms with van der Waals surface area (Å²) in [5.41, 5.74) is 10.8. The molecule has 0 aromatic heterocycles. The molecule has 0 bridgehead atoms. The Balaban J connectivity index is 0. The Morgan fingerprint density at radius 1 is 1.22 bits per heavy atom. The average molecular weight is 317 g/mol. The highest BCUT2D eigenvalue weighted by atomic mass is 16.5. The molecule has 5 nitrogen and oxygen atoms in total. The molecule has 0 saturated heterocycles. The fraction of sp³-hybridized carbons (Fsp3) is 0.222. The smallest absolute Gasteiger partial charge is 0.343 e. The molecule has 0 radical (unpaired) electrons. The van der Waals surface area contributed by atoms with Crippen molar-refractivity contribution in [3.63, 3.8) is 0 Å². The summed E-state index contributed by atoms with van der Waals surface area (Å²) in [4.78, 5) is 15.8. The summed E-state index contributed by atoms with van der Waals surface area (Å²) in [7, 11) is 1.50. The van der Waals surface area contributed by atoms with Gasteiger partial charge in [0.2, 0.25) is 0 Å². The van der Waals surface area contributed by atoms with E-state index in [1.807, 2.05) is 20.8 Å². The van der Waals surface area contributed by atoms with Crippen LogP contribution in [0, 0.1) is 0 Å². The van der Waals surface area contributed by atoms with Crippen LogP contribution in [0.15, 0.2) is 65.7 Å². The van der Waals surface area contributed by atoms with Crippen LogP contribution in [0.5, 0.6) is 5.75 Å². The molecule has 0 aliphatic heterocycles. The van der Waals surface area contributed by atoms with Crippen LogP contribution < -0.4 is 16.2 Å². The number of carbonyl (C=O) groups is 1. The zero-order chi connectivity index (χ0) is 18.1. The number of allylic oxidation sites excluding steroid dienone is 3. The van der Waals surface area contributed by atoms with Crippen molar-refractivity contribution in [3.05, 3.63) is 60.7 Å². The van der Waals surface area contributed by atoms with Crippen molar-refractivity contribution >= 4 is 18.0 Å². The molecule has 0 fully saturated rings. The van der Waals surface area contributed by atoms with Crippen molar-refractivity contribution in [3.8, 4) is 5.75 Å². The number of ether oxygens (including phenoxy) is 1. The molecule has 0 aliphatic rings. The number of esters is 1. The molecule has 0 heterocycles. The predicted molar refractivity (Wildman–Crippen MR) is 99.0 cm³/mol. The van der Waals surface area contributed by atoms with E-state index in [1.54, 1.807) is 42.5 Å². The highest BCUT2D eigenvalue weighted by Gasteiger charge is 2.08. The second-order valence-corrected chi connectivity index (χ2v) is 3.52. The molecule has 23 heavy (non-hydrogen) atoms. The van der Waals surface area contributed by atoms with Gasteiger partial charge in [-0.25, -0.2) is 9.79 Å². The van der Waals surface area contributed by atoms with Gasteiger partial charge in [-0.3, -0.25) is 0 Å². The van der Waals surface area contributed by atoms with Crippen molar-refractivity contribution in [2.45, 2.75) is 20.8 Å². The van der Waals surface area contributed by atoms with Crippen LogP contribution in [-0.2, 0) is 4.79 Å². The topological polar surface area (TPSA) is 90.7 Å². The highest BCUT2D eigenvalue weighted by Crippen LogP contribution is 2.18. The van der Waals surface area contributed by atoms with Crippen LogP contribution in [-0.4, -0.2) is 19.4 Å². The van der Waals surface area contributed by atoms with E-state index in [9.17, 15) is 4.79 Å². The van der Waals surface area contributed by atoms with Crippen LogP contribution in [0.4, 0.5) is 5.69 Å². The molecule has 1 aromatic rings. The van der Waals surface area contributed by atoms with Gasteiger partial charge >= 0.3 is 5.97 Å². The molecular formula is C18H27N3O2. The molecule has 1 rings (SSSR count). The van der Waals surface area contributed by atoms with Crippen LogP contribution in [0.2, 0.25) is 0 Å². The van der Waals surface area contributed by atoms with E-state index < -0.39 is 5.97 Å². The Hall–Kier alpha value is -2.66. The van der Waals surface area contributed by atoms with Crippen molar-refractivity contribution in [1.82, 2.24) is 0 Å². The van der Waals surface area contributed by atoms with Gasteiger partial charge in [0.25, 0.3) is 0 Å². The highest BCUT2D eigenvalue weighted by molar-refractivity contribution is 5.93. The van der Waals surface area contributed by atoms with Crippen molar-refractivity contribution in [2.24, 2.45) is 16.5 Å². The van der Waals surface area contributed by atoms with E-state index >= 15 is 0 Å². The minimum Gasteiger partial charge on any atom is -0.423 e. The third-order valence-corrected chi connectivity index (χ3v) is 2.15. The number of benzene rings is 1. The van der Waals surface area contributed by atoms with Gasteiger partial charge in [0, 0.05) is 0 Å². The summed E-state index contributed by atoms with van der Waals surface area (Å²) in [6.45, 7) is 9.38. The third-order valence-electron chi connectivity index (χ3n) is 2.15. The van der Waals surface area contributed by atoms with Gasteiger partial charge in [-0.2, -0.15) is 0 Å². The molecule has 0 aliphatic carbocycles. The third kappa shape index (κ3) is 9.82. The molecule has 126 valence electrons. The lowest BCUT2D eigenvalue weighted by Crippen LogP contribution is -2.09. The zero-order valence-corrected chi connectivity index (χ0v) is 14.3. The Kier molecular flexibility index (Phi) is 15.5. The van der Waals surface area contributed by atoms with E-state index in [1.165, 1.54) is 19.5 Å². The fourth-order valence-electron chi connectivity index (χ4n) is 1.35. The SMILES string of the molecule is C=C/C=C(\C=C/C)C(=O)Oc1ccc(N=CN)cc1.CC.CN. The summed E-state index contributed by atoms with van der Waals surface area (Å²) in [5, 5.41) is 0. The largest absolute Gasteiger partial charge is 0.423 e. The van der Waals surface area contributed by atoms with E-state index in [4.69, 9.17) is 10.5 Å². The lowest BCUT2D eigenvalue weighted by molar-refractivity contribution is -0.129. The van der Waals surface area contributed by atoms with Crippen LogP contribution >= 0.6 is 0 Å². The van der Waals surface area contributed by atoms with E-state index in [0.717, 1.165) is 0 Å². The van der Waals surface area contributed by atoms with Gasteiger partial charge in [0.05, 0.1) is 17.6 Å². The summed E-state index contributed by atoms with van der Waals surface area (Å²) in [6, 6.07) is 6.72. The molecule has 0 amide bonds. The Labute approximate surface area is 139 Å². The molecule has 0 atom stereocenters. The molecule has 5 heteroatoms. The predicted octanol–water partition coefficient (Wildman–Crippen LogP) is 3.50. The Morgan fingerprint density at radius 3 is 2.22 bits per heavy atom. The Morgan fingerprint density at radius 2 is 1.78 bits per heavy atom. The van der Waals surface area contributed by atoms with Crippen LogP contribution in [0.3, 0.4) is 0 Å². The molecule has 4 N–H and O–H groups in total. The maximum atomic E-state index is 11.9. The number of aliphatic imine (C=N–C) groups is 1. The first kappa shape index (κ1) is 22.6. The fourth-order valence-corrected chi connectivity index (χ4v) is 1.35. The number of nitrogens with two attached hydrogens (primary N) is 2. The first-order valence-corrected chi connectivity index (χ1v) is 7.31. The van der Waals surface area contributed by atoms with Gasteiger partial charge in [-0.15, -0.1) is 0 Å². The van der Waals surface area contributed by atoms with Crippen molar-refractivity contribution in [1.29, 1.82) is 0 Å². The monoisotopic (exact) mass is 317 g/mol. The van der Waals surface area contributed by atoms with Crippen molar-refractivity contribution in [2.75, 3.05) is 7.05 Å². The normalized spacial score (nSPS) is 10.4. The van der Waals surface area contributed by atoms with Crippen LogP contribution in [0.1, 0.15) is 20.8 Å². The number of carbonyl (C=O) groups excluding carboxylic acids is 1. The van der Waals surface area contributed by atoms with Crippen molar-refractivity contribution < 1.29 is 9.53 Å². The quantitative estimate of drug-likeness (QED) is 0.217. The van der Waals surface area contributed by atoms with Crippen LogP contribution in [0.25, 0.3) is 0 Å². The number of rotatable bonds is 5. The minimum atomic E-state index is -0.437. The standard InChI is InChI=1S/C15H16N2O2.C2H6.CH5N/c1-3-5-12(6-4-2)15(18)19-14-9-7-13(8-10-14)17-11-16;2*1-2/h3-11H,1H2,2H3,(H2,16,17);1-2H3;2H2,1H3/b6-4-,12-5+;;. The van der Waals surface area contributed by atoms with Gasteiger partial charge in [0.1, 0.15) is 5.75 Å². The Bertz CT molecular complexity index is 530. The van der Waals surface area contributed by atoms with Gasteiger partial charge in [-0.1, -0.05) is 38.7 Å².